The Bertz CT molecular complexity index is 1030. The molecule has 1 saturated heterocycles. The van der Waals surface area contributed by atoms with Gasteiger partial charge in [-0.2, -0.15) is 0 Å². The zero-order valence-electron chi connectivity index (χ0n) is 17.0. The summed E-state index contributed by atoms with van der Waals surface area (Å²) in [7, 11) is 0. The summed E-state index contributed by atoms with van der Waals surface area (Å²) in [5, 5.41) is 8.74. The van der Waals surface area contributed by atoms with E-state index in [0.29, 0.717) is 11.5 Å². The summed E-state index contributed by atoms with van der Waals surface area (Å²) in [6, 6.07) is 12.2. The van der Waals surface area contributed by atoms with Crippen molar-refractivity contribution < 1.29 is 24.2 Å². The minimum absolute atomic E-state index is 0.121. The van der Waals surface area contributed by atoms with Crippen LogP contribution in [0.25, 0.3) is 6.08 Å². The second kappa shape index (κ2) is 9.17. The first-order valence-electron chi connectivity index (χ1n) is 9.58. The number of nitrogens with zero attached hydrogens (tertiary/aromatic N) is 1. The Balaban J connectivity index is 1.68. The fraction of sp³-hybridized carbons (Fsp3) is 0.261. The Morgan fingerprint density at radius 1 is 1.20 bits per heavy atom. The minimum atomic E-state index is -1.05. The molecule has 2 amide bonds. The van der Waals surface area contributed by atoms with Crippen LogP contribution in [0.4, 0.5) is 4.79 Å². The molecule has 0 spiro atoms. The van der Waals surface area contributed by atoms with E-state index in [1.54, 1.807) is 12.1 Å². The van der Waals surface area contributed by atoms with Crippen LogP contribution in [-0.2, 0) is 4.79 Å². The quantitative estimate of drug-likeness (QED) is 0.633. The van der Waals surface area contributed by atoms with Crippen LogP contribution >= 0.6 is 11.8 Å². The molecule has 0 aliphatic carbocycles. The highest BCUT2D eigenvalue weighted by Gasteiger charge is 2.34. The first-order valence-corrected chi connectivity index (χ1v) is 10.4. The fourth-order valence-corrected chi connectivity index (χ4v) is 3.96. The van der Waals surface area contributed by atoms with Gasteiger partial charge in [0.2, 0.25) is 0 Å². The number of imide groups is 1. The molecular formula is C23H23NO5S. The number of aryl methyl sites for hydroxylation is 1. The van der Waals surface area contributed by atoms with Gasteiger partial charge >= 0.3 is 5.97 Å². The lowest BCUT2D eigenvalue weighted by atomic mass is 10.0. The third-order valence-corrected chi connectivity index (χ3v) is 5.58. The third-order valence-electron chi connectivity index (χ3n) is 4.67. The molecule has 156 valence electrons. The summed E-state index contributed by atoms with van der Waals surface area (Å²) in [6.45, 7) is 6.49. The number of benzene rings is 2. The Labute approximate surface area is 179 Å². The maximum atomic E-state index is 12.7. The number of thioether (sulfide) groups is 1. The molecule has 30 heavy (non-hydrogen) atoms. The van der Waals surface area contributed by atoms with Crippen molar-refractivity contribution in [2.45, 2.75) is 26.7 Å². The highest BCUT2D eigenvalue weighted by atomic mass is 32.2. The van der Waals surface area contributed by atoms with Gasteiger partial charge in [-0.3, -0.25) is 14.5 Å². The second-order valence-electron chi connectivity index (χ2n) is 7.31. The standard InChI is InChI=1S/C23H23NO5S/c1-14(2)18-8-7-15(3)11-19(18)29-10-9-24-21(25)20(30-23(24)28)13-16-5-4-6-17(12-16)22(26)27/h4-8,11-14H,9-10H2,1-3H3,(H,26,27)/b20-13-. The molecule has 3 rings (SSSR count). The summed E-state index contributed by atoms with van der Waals surface area (Å²) in [5.41, 5.74) is 2.83. The number of carboxylic acids is 1. The van der Waals surface area contributed by atoms with E-state index in [1.807, 2.05) is 25.1 Å². The summed E-state index contributed by atoms with van der Waals surface area (Å²) in [6.07, 6.45) is 1.54. The van der Waals surface area contributed by atoms with Gasteiger partial charge < -0.3 is 9.84 Å². The third kappa shape index (κ3) is 4.91. The van der Waals surface area contributed by atoms with Gasteiger partial charge in [0, 0.05) is 0 Å². The van der Waals surface area contributed by atoms with Crippen molar-refractivity contribution in [3.05, 3.63) is 69.6 Å². The van der Waals surface area contributed by atoms with Crippen LogP contribution in [0.15, 0.2) is 47.4 Å². The van der Waals surface area contributed by atoms with Crippen LogP contribution in [0.1, 0.15) is 46.8 Å². The number of carbonyl (C=O) groups excluding carboxylic acids is 2. The molecule has 1 aliphatic rings. The average Bonchev–Trinajstić information content (AvgIpc) is 2.95. The van der Waals surface area contributed by atoms with Crippen LogP contribution in [0.3, 0.4) is 0 Å². The van der Waals surface area contributed by atoms with Gasteiger partial charge in [-0.1, -0.05) is 38.1 Å². The molecule has 0 saturated carbocycles. The lowest BCUT2D eigenvalue weighted by molar-refractivity contribution is -0.123. The van der Waals surface area contributed by atoms with E-state index in [0.717, 1.165) is 33.5 Å². The normalized spacial score (nSPS) is 15.3. The number of ether oxygens (including phenoxy) is 1. The zero-order valence-corrected chi connectivity index (χ0v) is 17.9. The molecule has 2 aromatic carbocycles. The Morgan fingerprint density at radius 3 is 2.67 bits per heavy atom. The predicted molar refractivity (Wildman–Crippen MR) is 117 cm³/mol. The summed E-state index contributed by atoms with van der Waals surface area (Å²) in [5.74, 6) is -0.393. The van der Waals surface area contributed by atoms with Crippen molar-refractivity contribution in [1.29, 1.82) is 0 Å². The molecule has 1 aliphatic heterocycles. The van der Waals surface area contributed by atoms with Crippen molar-refractivity contribution in [1.82, 2.24) is 4.90 Å². The number of carbonyl (C=O) groups is 3. The smallest absolute Gasteiger partial charge is 0.335 e. The van der Waals surface area contributed by atoms with Gasteiger partial charge in [0.05, 0.1) is 17.0 Å². The monoisotopic (exact) mass is 425 g/mol. The van der Waals surface area contributed by atoms with Gasteiger partial charge in [-0.25, -0.2) is 4.79 Å². The van der Waals surface area contributed by atoms with Crippen molar-refractivity contribution in [2.24, 2.45) is 0 Å². The van der Waals surface area contributed by atoms with E-state index in [1.165, 1.54) is 18.2 Å². The number of amides is 2. The highest BCUT2D eigenvalue weighted by molar-refractivity contribution is 8.18. The maximum absolute atomic E-state index is 12.7. The van der Waals surface area contributed by atoms with E-state index in [4.69, 9.17) is 9.84 Å². The SMILES string of the molecule is Cc1ccc(C(C)C)c(OCCN2C(=O)S/C(=C\c3cccc(C(=O)O)c3)C2=O)c1. The van der Waals surface area contributed by atoms with E-state index in [-0.39, 0.29) is 28.9 Å². The number of rotatable bonds is 7. The molecule has 0 unspecified atom stereocenters. The number of aromatic carboxylic acids is 1. The van der Waals surface area contributed by atoms with Gasteiger partial charge in [0.15, 0.2) is 0 Å². The van der Waals surface area contributed by atoms with Crippen molar-refractivity contribution >= 4 is 35.0 Å². The minimum Gasteiger partial charge on any atom is -0.491 e. The van der Waals surface area contributed by atoms with E-state index in [2.05, 4.69) is 13.8 Å². The maximum Gasteiger partial charge on any atom is 0.335 e. The van der Waals surface area contributed by atoms with Gasteiger partial charge in [-0.15, -0.1) is 0 Å². The topological polar surface area (TPSA) is 83.9 Å². The lowest BCUT2D eigenvalue weighted by Gasteiger charge is -2.17. The van der Waals surface area contributed by atoms with Gasteiger partial charge in [-0.05, 0) is 65.6 Å². The molecule has 0 atom stereocenters. The van der Waals surface area contributed by atoms with Crippen LogP contribution in [0.5, 0.6) is 5.75 Å². The summed E-state index contributed by atoms with van der Waals surface area (Å²) in [4.78, 5) is 37.5. The van der Waals surface area contributed by atoms with Crippen LogP contribution in [0.2, 0.25) is 0 Å². The molecule has 1 N–H and O–H groups in total. The molecule has 1 fully saturated rings. The first-order chi connectivity index (χ1) is 14.3. The molecule has 6 nitrogen and oxygen atoms in total. The largest absolute Gasteiger partial charge is 0.491 e. The van der Waals surface area contributed by atoms with E-state index < -0.39 is 11.9 Å². The number of hydrogen-bond donors (Lipinski definition) is 1. The zero-order chi connectivity index (χ0) is 21.8. The molecule has 7 heteroatoms. The van der Waals surface area contributed by atoms with Crippen LogP contribution in [-0.4, -0.2) is 40.3 Å². The Kier molecular flexibility index (Phi) is 6.62. The average molecular weight is 426 g/mol. The van der Waals surface area contributed by atoms with Crippen LogP contribution in [0, 0.1) is 6.92 Å². The second-order valence-corrected chi connectivity index (χ2v) is 8.30. The van der Waals surface area contributed by atoms with Crippen molar-refractivity contribution in [3.63, 3.8) is 0 Å². The first kappa shape index (κ1) is 21.6. The molecule has 0 radical (unpaired) electrons. The summed E-state index contributed by atoms with van der Waals surface area (Å²) >= 11 is 0.843. The molecule has 0 bridgehead atoms. The molecular weight excluding hydrogens is 402 g/mol. The molecule has 2 aromatic rings. The van der Waals surface area contributed by atoms with Crippen molar-refractivity contribution in [2.75, 3.05) is 13.2 Å². The molecule has 0 aromatic heterocycles. The Hall–Kier alpha value is -3.06. The molecule has 1 heterocycles. The fourth-order valence-electron chi connectivity index (χ4n) is 3.10. The Morgan fingerprint density at radius 2 is 1.97 bits per heavy atom. The van der Waals surface area contributed by atoms with Crippen molar-refractivity contribution in [3.8, 4) is 5.75 Å². The van der Waals surface area contributed by atoms with E-state index >= 15 is 0 Å². The lowest BCUT2D eigenvalue weighted by Crippen LogP contribution is -2.32. The highest BCUT2D eigenvalue weighted by Crippen LogP contribution is 2.32. The summed E-state index contributed by atoms with van der Waals surface area (Å²) < 4.78 is 5.89. The number of hydrogen-bond acceptors (Lipinski definition) is 5. The van der Waals surface area contributed by atoms with Crippen LogP contribution < -0.4 is 4.74 Å². The van der Waals surface area contributed by atoms with Gasteiger partial charge in [0.25, 0.3) is 11.1 Å². The van der Waals surface area contributed by atoms with E-state index in [9.17, 15) is 14.4 Å². The van der Waals surface area contributed by atoms with Gasteiger partial charge in [0.1, 0.15) is 12.4 Å². The predicted octanol–water partition coefficient (Wildman–Crippen LogP) is 4.93. The number of carboxylic acid groups (broad SMARTS) is 1.